The van der Waals surface area contributed by atoms with E-state index in [-0.39, 0.29) is 24.2 Å². The molecule has 4 N–H and O–H groups in total. The minimum atomic E-state index is -0.700. The molecule has 0 unspecified atom stereocenters. The topological polar surface area (TPSA) is 162 Å². The Morgan fingerprint density at radius 3 is 0.810 bits per heavy atom. The minimum absolute atomic E-state index is 0.292. The van der Waals surface area contributed by atoms with Gasteiger partial charge in [-0.25, -0.2) is 0 Å². The first-order valence-corrected chi connectivity index (χ1v) is 16.1. The van der Waals surface area contributed by atoms with Crippen LogP contribution in [0.15, 0.2) is 0 Å². The Morgan fingerprint density at radius 1 is 0.405 bits per heavy atom. The lowest BCUT2D eigenvalue weighted by Gasteiger charge is -2.22. The van der Waals surface area contributed by atoms with Gasteiger partial charge in [-0.1, -0.05) is 12.8 Å². The number of unbranched alkanes of at least 4 members (excludes halogenated alkanes) is 4. The Hall–Kier alpha value is -2.28. The molecule has 4 heterocycles. The van der Waals surface area contributed by atoms with E-state index in [9.17, 15) is 19.2 Å². The summed E-state index contributed by atoms with van der Waals surface area (Å²) in [5, 5.41) is 36.4. The Kier molecular flexibility index (Phi) is 14.5. The molecule has 0 spiro atoms. The molecular weight excluding hydrogens is 544 g/mol. The second-order valence-corrected chi connectivity index (χ2v) is 12.3. The summed E-state index contributed by atoms with van der Waals surface area (Å²) in [5.41, 5.74) is 0. The van der Waals surface area contributed by atoms with Gasteiger partial charge in [0.1, 0.15) is 24.2 Å². The average molecular weight is 597 g/mol. The molecule has 4 rings (SSSR count). The van der Waals surface area contributed by atoms with Crippen molar-refractivity contribution in [2.24, 2.45) is 0 Å². The van der Waals surface area contributed by atoms with Gasteiger partial charge in [0, 0.05) is 0 Å². The molecule has 4 saturated heterocycles. The highest BCUT2D eigenvalue weighted by atomic mass is 16.4. The van der Waals surface area contributed by atoms with Crippen molar-refractivity contribution in [3.8, 4) is 0 Å². The maximum absolute atomic E-state index is 11.1. The largest absolute Gasteiger partial charge is 0.480 e. The third-order valence-electron chi connectivity index (χ3n) is 9.38. The Labute approximate surface area is 249 Å². The van der Waals surface area contributed by atoms with E-state index in [4.69, 9.17) is 20.4 Å². The van der Waals surface area contributed by atoms with Gasteiger partial charge in [0.25, 0.3) is 0 Å². The van der Waals surface area contributed by atoms with Crippen LogP contribution in [0.25, 0.3) is 0 Å². The van der Waals surface area contributed by atoms with Crippen LogP contribution in [0.5, 0.6) is 0 Å². The van der Waals surface area contributed by atoms with Crippen molar-refractivity contribution in [1.82, 2.24) is 19.6 Å². The monoisotopic (exact) mass is 596 g/mol. The van der Waals surface area contributed by atoms with Crippen molar-refractivity contribution in [3.63, 3.8) is 0 Å². The Balaban J connectivity index is 0.000000230. The third-order valence-corrected chi connectivity index (χ3v) is 9.38. The van der Waals surface area contributed by atoms with E-state index in [1.807, 2.05) is 0 Å². The van der Waals surface area contributed by atoms with E-state index in [1.165, 1.54) is 0 Å². The third kappa shape index (κ3) is 10.5. The summed E-state index contributed by atoms with van der Waals surface area (Å²) in [5.74, 6) is -2.80. The van der Waals surface area contributed by atoms with Gasteiger partial charge in [0.2, 0.25) is 0 Å². The maximum atomic E-state index is 11.1. The number of aliphatic carboxylic acids is 4. The second kappa shape index (κ2) is 17.7. The molecule has 4 fully saturated rings. The van der Waals surface area contributed by atoms with Gasteiger partial charge in [-0.05, 0) is 129 Å². The summed E-state index contributed by atoms with van der Waals surface area (Å²) in [7, 11) is 0. The van der Waals surface area contributed by atoms with Crippen molar-refractivity contribution < 1.29 is 39.6 Å². The van der Waals surface area contributed by atoms with Crippen molar-refractivity contribution in [3.05, 3.63) is 0 Å². The fraction of sp³-hybridized carbons (Fsp3) is 0.867. The summed E-state index contributed by atoms with van der Waals surface area (Å²) >= 11 is 0. The van der Waals surface area contributed by atoms with Crippen LogP contribution in [-0.2, 0) is 19.2 Å². The van der Waals surface area contributed by atoms with Gasteiger partial charge in [-0.15, -0.1) is 0 Å². The van der Waals surface area contributed by atoms with Crippen molar-refractivity contribution in [2.45, 2.75) is 114 Å². The molecule has 42 heavy (non-hydrogen) atoms. The summed E-state index contributed by atoms with van der Waals surface area (Å²) in [6, 6.07) is -1.17. The van der Waals surface area contributed by atoms with E-state index in [2.05, 4.69) is 19.6 Å². The molecule has 0 bridgehead atoms. The van der Waals surface area contributed by atoms with Crippen LogP contribution in [-0.4, -0.2) is 140 Å². The van der Waals surface area contributed by atoms with Crippen LogP contribution in [0.2, 0.25) is 0 Å². The van der Waals surface area contributed by atoms with E-state index < -0.39 is 23.9 Å². The van der Waals surface area contributed by atoms with Crippen molar-refractivity contribution in [1.29, 1.82) is 0 Å². The molecule has 0 aromatic heterocycles. The number of likely N-dealkylation sites (tertiary alicyclic amines) is 4. The zero-order valence-corrected chi connectivity index (χ0v) is 25.1. The first kappa shape index (κ1) is 34.2. The number of carboxylic acids is 4. The van der Waals surface area contributed by atoms with Gasteiger partial charge < -0.3 is 20.4 Å². The SMILES string of the molecule is O=C(O)[C@@H]1CCCN1CCCCCN1CCC[C@H]1C(=O)O.O=C(O)[C@@H]1CCCN1CCCCCN1CCC[C@H]1C(=O)O. The van der Waals surface area contributed by atoms with Gasteiger partial charge >= 0.3 is 23.9 Å². The number of carbonyl (C=O) groups is 4. The smallest absolute Gasteiger partial charge is 0.320 e. The van der Waals surface area contributed by atoms with Crippen LogP contribution in [0.1, 0.15) is 89.9 Å². The average Bonchev–Trinajstić information content (AvgIpc) is 3.75. The van der Waals surface area contributed by atoms with Crippen LogP contribution in [0.3, 0.4) is 0 Å². The number of hydrogen-bond acceptors (Lipinski definition) is 8. The summed E-state index contributed by atoms with van der Waals surface area (Å²) < 4.78 is 0. The van der Waals surface area contributed by atoms with Crippen molar-refractivity contribution in [2.75, 3.05) is 52.4 Å². The highest BCUT2D eigenvalue weighted by molar-refractivity contribution is 5.75. The highest BCUT2D eigenvalue weighted by Gasteiger charge is 2.32. The van der Waals surface area contributed by atoms with Gasteiger partial charge in [-0.3, -0.25) is 38.8 Å². The van der Waals surface area contributed by atoms with Crippen LogP contribution in [0, 0.1) is 0 Å². The van der Waals surface area contributed by atoms with Crippen LogP contribution in [0.4, 0.5) is 0 Å². The Bertz CT molecular complexity index is 751. The Morgan fingerprint density at radius 2 is 0.619 bits per heavy atom. The zero-order chi connectivity index (χ0) is 30.5. The predicted molar refractivity (Wildman–Crippen MR) is 157 cm³/mol. The molecule has 4 atom stereocenters. The summed E-state index contributed by atoms with van der Waals surface area (Å²) in [6.07, 6.45) is 13.0. The predicted octanol–water partition coefficient (Wildman–Crippen LogP) is 2.51. The van der Waals surface area contributed by atoms with E-state index in [0.717, 1.165) is 142 Å². The number of nitrogens with zero attached hydrogens (tertiary/aromatic N) is 4. The highest BCUT2D eigenvalue weighted by Crippen LogP contribution is 2.21. The first-order chi connectivity index (χ1) is 20.2. The van der Waals surface area contributed by atoms with Gasteiger partial charge in [0.05, 0.1) is 0 Å². The van der Waals surface area contributed by atoms with E-state index in [0.29, 0.717) is 0 Å². The first-order valence-electron chi connectivity index (χ1n) is 16.1. The lowest BCUT2D eigenvalue weighted by atomic mass is 10.2. The molecule has 0 aliphatic carbocycles. The molecule has 4 aliphatic heterocycles. The summed E-state index contributed by atoms with van der Waals surface area (Å²) in [4.78, 5) is 52.6. The lowest BCUT2D eigenvalue weighted by molar-refractivity contribution is -0.143. The lowest BCUT2D eigenvalue weighted by Crippen LogP contribution is -2.37. The normalized spacial score (nSPS) is 27.2. The number of rotatable bonds is 16. The van der Waals surface area contributed by atoms with Crippen molar-refractivity contribution >= 4 is 23.9 Å². The zero-order valence-electron chi connectivity index (χ0n) is 25.1. The maximum Gasteiger partial charge on any atom is 0.320 e. The molecule has 12 nitrogen and oxygen atoms in total. The molecule has 0 radical (unpaired) electrons. The van der Waals surface area contributed by atoms with E-state index in [1.54, 1.807) is 0 Å². The summed E-state index contributed by atoms with van der Waals surface area (Å²) in [6.45, 7) is 6.96. The number of hydrogen-bond donors (Lipinski definition) is 4. The molecule has 0 amide bonds. The van der Waals surface area contributed by atoms with E-state index >= 15 is 0 Å². The number of carboxylic acid groups (broad SMARTS) is 4. The fourth-order valence-corrected chi connectivity index (χ4v) is 7.11. The van der Waals surface area contributed by atoms with Gasteiger partial charge in [-0.2, -0.15) is 0 Å². The standard InChI is InChI=1S/2C15H26N2O4/c2*18-14(19)12-6-4-10-16(12)8-2-1-3-9-17-11-5-7-13(17)15(20)21/h2*12-13H,1-11H2,(H,18,19)(H,20,21)/t2*12-,13-/m00/s1. The molecule has 12 heteroatoms. The fourth-order valence-electron chi connectivity index (χ4n) is 7.11. The molecule has 240 valence electrons. The van der Waals surface area contributed by atoms with Gasteiger partial charge in [0.15, 0.2) is 0 Å². The quantitative estimate of drug-likeness (QED) is 0.193. The molecular formula is C30H52N4O8. The molecule has 0 aromatic carbocycles. The van der Waals surface area contributed by atoms with Crippen LogP contribution < -0.4 is 0 Å². The second-order valence-electron chi connectivity index (χ2n) is 12.3. The molecule has 4 aliphatic rings. The molecule has 0 saturated carbocycles. The minimum Gasteiger partial charge on any atom is -0.480 e. The molecule has 0 aromatic rings. The van der Waals surface area contributed by atoms with Crippen LogP contribution >= 0.6 is 0 Å².